The summed E-state index contributed by atoms with van der Waals surface area (Å²) in [5.41, 5.74) is 7.02. The molecule has 0 aliphatic rings. The van der Waals surface area contributed by atoms with E-state index in [1.165, 1.54) is 19.3 Å². The molecule has 0 heterocycles. The summed E-state index contributed by atoms with van der Waals surface area (Å²) in [6.07, 6.45) is 3.70. The molecule has 0 radical (unpaired) electrons. The maximum Gasteiger partial charge on any atom is 0.0482 e. The van der Waals surface area contributed by atoms with E-state index in [0.29, 0.717) is 6.54 Å². The highest BCUT2D eigenvalue weighted by molar-refractivity contribution is 9.10. The quantitative estimate of drug-likeness (QED) is 0.757. The van der Waals surface area contributed by atoms with Gasteiger partial charge in [-0.25, -0.2) is 0 Å². The van der Waals surface area contributed by atoms with Crippen molar-refractivity contribution in [3.63, 3.8) is 0 Å². The second-order valence-corrected chi connectivity index (χ2v) is 5.93. The molecule has 0 aliphatic carbocycles. The molecule has 4 heteroatoms. The standard InChI is InChI=1S/C14H22BrClN2/c1-3-4-5-8-18(2)14(10-17)12-7-6-11(15)9-13(12)16/h6-7,9,14H,3-5,8,10,17H2,1-2H3. The Morgan fingerprint density at radius 1 is 1.39 bits per heavy atom. The summed E-state index contributed by atoms with van der Waals surface area (Å²) < 4.78 is 1.00. The molecule has 2 nitrogen and oxygen atoms in total. The predicted octanol–water partition coefficient (Wildman–Crippen LogP) is 4.22. The number of hydrogen-bond acceptors (Lipinski definition) is 2. The molecule has 0 amide bonds. The van der Waals surface area contributed by atoms with Gasteiger partial charge in [-0.05, 0) is 37.7 Å². The Balaban J connectivity index is 2.75. The molecule has 1 rings (SSSR count). The molecule has 2 N–H and O–H groups in total. The summed E-state index contributed by atoms with van der Waals surface area (Å²) in [6.45, 7) is 3.86. The summed E-state index contributed by atoms with van der Waals surface area (Å²) in [7, 11) is 2.12. The number of hydrogen-bond donors (Lipinski definition) is 1. The van der Waals surface area contributed by atoms with E-state index in [4.69, 9.17) is 17.3 Å². The second-order valence-electron chi connectivity index (χ2n) is 4.61. The lowest BCUT2D eigenvalue weighted by Gasteiger charge is -2.28. The summed E-state index contributed by atoms with van der Waals surface area (Å²) in [4.78, 5) is 2.30. The third-order valence-corrected chi connectivity index (χ3v) is 4.01. The first-order chi connectivity index (χ1) is 8.60. The SMILES string of the molecule is CCCCCN(C)C(CN)c1ccc(Br)cc1Cl. The van der Waals surface area contributed by atoms with Crippen LogP contribution in [0.15, 0.2) is 22.7 Å². The van der Waals surface area contributed by atoms with Gasteiger partial charge >= 0.3 is 0 Å². The lowest BCUT2D eigenvalue weighted by Crippen LogP contribution is -2.31. The molecule has 1 unspecified atom stereocenters. The summed E-state index contributed by atoms with van der Waals surface area (Å²) in [6, 6.07) is 6.20. The molecule has 18 heavy (non-hydrogen) atoms. The topological polar surface area (TPSA) is 29.3 Å². The molecule has 102 valence electrons. The number of rotatable bonds is 7. The van der Waals surface area contributed by atoms with Crippen molar-refractivity contribution in [2.75, 3.05) is 20.1 Å². The van der Waals surface area contributed by atoms with Gasteiger partial charge in [-0.15, -0.1) is 0 Å². The van der Waals surface area contributed by atoms with E-state index in [1.54, 1.807) is 0 Å². The molecular formula is C14H22BrClN2. The second kappa shape index (κ2) is 8.16. The fraction of sp³-hybridized carbons (Fsp3) is 0.571. The predicted molar refractivity (Wildman–Crippen MR) is 83.1 cm³/mol. The Labute approximate surface area is 124 Å². The van der Waals surface area contributed by atoms with Crippen molar-refractivity contribution < 1.29 is 0 Å². The molecule has 0 saturated carbocycles. The van der Waals surface area contributed by atoms with Gasteiger partial charge in [-0.2, -0.15) is 0 Å². The van der Waals surface area contributed by atoms with E-state index in [2.05, 4.69) is 40.9 Å². The minimum absolute atomic E-state index is 0.197. The van der Waals surface area contributed by atoms with Crippen LogP contribution in [0.4, 0.5) is 0 Å². The van der Waals surface area contributed by atoms with Gasteiger partial charge in [-0.1, -0.05) is 53.4 Å². The van der Waals surface area contributed by atoms with E-state index in [1.807, 2.05) is 12.1 Å². The molecule has 0 fully saturated rings. The Hall–Kier alpha value is -0.0900. The van der Waals surface area contributed by atoms with Gasteiger partial charge in [0.1, 0.15) is 0 Å². The molecule has 0 saturated heterocycles. The molecule has 1 atom stereocenters. The molecule has 1 aromatic carbocycles. The summed E-state index contributed by atoms with van der Waals surface area (Å²) >= 11 is 9.72. The maximum absolute atomic E-state index is 6.30. The molecule has 0 bridgehead atoms. The zero-order chi connectivity index (χ0) is 13.5. The first-order valence-electron chi connectivity index (χ1n) is 6.45. The van der Waals surface area contributed by atoms with Crippen LogP contribution in [0.1, 0.15) is 37.8 Å². The van der Waals surface area contributed by atoms with Crippen molar-refractivity contribution in [3.8, 4) is 0 Å². The van der Waals surface area contributed by atoms with Gasteiger partial charge < -0.3 is 5.73 Å². The Bertz CT molecular complexity index is 371. The number of likely N-dealkylation sites (N-methyl/N-ethyl adjacent to an activating group) is 1. The van der Waals surface area contributed by atoms with Gasteiger partial charge in [0.25, 0.3) is 0 Å². The van der Waals surface area contributed by atoms with E-state index < -0.39 is 0 Å². The fourth-order valence-corrected chi connectivity index (χ4v) is 2.88. The van der Waals surface area contributed by atoms with Crippen LogP contribution in [0, 0.1) is 0 Å². The normalized spacial score (nSPS) is 13.0. The number of halogens is 2. The lowest BCUT2D eigenvalue weighted by molar-refractivity contribution is 0.245. The third-order valence-electron chi connectivity index (χ3n) is 3.19. The minimum atomic E-state index is 0.197. The molecule has 1 aromatic rings. The van der Waals surface area contributed by atoms with Gasteiger partial charge in [-0.3, -0.25) is 4.90 Å². The highest BCUT2D eigenvalue weighted by atomic mass is 79.9. The number of benzene rings is 1. The van der Waals surface area contributed by atoms with Crippen LogP contribution in [0.25, 0.3) is 0 Å². The van der Waals surface area contributed by atoms with E-state index in [0.717, 1.165) is 21.6 Å². The number of nitrogens with zero attached hydrogens (tertiary/aromatic N) is 1. The van der Waals surface area contributed by atoms with E-state index >= 15 is 0 Å². The van der Waals surface area contributed by atoms with Crippen molar-refractivity contribution in [3.05, 3.63) is 33.3 Å². The summed E-state index contributed by atoms with van der Waals surface area (Å²) in [5, 5.41) is 0.780. The fourth-order valence-electron chi connectivity index (χ4n) is 2.08. The number of unbranched alkanes of at least 4 members (excludes halogenated alkanes) is 2. The smallest absolute Gasteiger partial charge is 0.0482 e. The Kier molecular flexibility index (Phi) is 7.23. The van der Waals surface area contributed by atoms with E-state index in [-0.39, 0.29) is 6.04 Å². The zero-order valence-corrected chi connectivity index (χ0v) is 13.5. The van der Waals surface area contributed by atoms with Gasteiger partial charge in [0.2, 0.25) is 0 Å². The van der Waals surface area contributed by atoms with Crippen molar-refractivity contribution in [1.29, 1.82) is 0 Å². The average Bonchev–Trinajstić information content (AvgIpc) is 2.33. The van der Waals surface area contributed by atoms with Crippen molar-refractivity contribution in [1.82, 2.24) is 4.90 Å². The molecule has 0 aromatic heterocycles. The largest absolute Gasteiger partial charge is 0.329 e. The Morgan fingerprint density at radius 3 is 2.67 bits per heavy atom. The molecule has 0 spiro atoms. The van der Waals surface area contributed by atoms with Gasteiger partial charge in [0.15, 0.2) is 0 Å². The monoisotopic (exact) mass is 332 g/mol. The first kappa shape index (κ1) is 16.0. The van der Waals surface area contributed by atoms with Crippen LogP contribution >= 0.6 is 27.5 Å². The van der Waals surface area contributed by atoms with Gasteiger partial charge in [0, 0.05) is 22.1 Å². The third kappa shape index (κ3) is 4.54. The highest BCUT2D eigenvalue weighted by Crippen LogP contribution is 2.29. The van der Waals surface area contributed by atoms with Crippen LogP contribution in [0.2, 0.25) is 5.02 Å². The maximum atomic E-state index is 6.30. The molecule has 0 aliphatic heterocycles. The van der Waals surface area contributed by atoms with Crippen molar-refractivity contribution in [2.24, 2.45) is 5.73 Å². The zero-order valence-electron chi connectivity index (χ0n) is 11.1. The number of nitrogens with two attached hydrogens (primary N) is 1. The van der Waals surface area contributed by atoms with Crippen LogP contribution < -0.4 is 5.73 Å². The van der Waals surface area contributed by atoms with Crippen LogP contribution in [-0.4, -0.2) is 25.0 Å². The van der Waals surface area contributed by atoms with Crippen LogP contribution in [0.3, 0.4) is 0 Å². The average molecular weight is 334 g/mol. The van der Waals surface area contributed by atoms with Crippen molar-refractivity contribution >= 4 is 27.5 Å². The van der Waals surface area contributed by atoms with Gasteiger partial charge in [0.05, 0.1) is 0 Å². The Morgan fingerprint density at radius 2 is 2.11 bits per heavy atom. The highest BCUT2D eigenvalue weighted by Gasteiger charge is 2.17. The van der Waals surface area contributed by atoms with E-state index in [9.17, 15) is 0 Å². The van der Waals surface area contributed by atoms with Crippen molar-refractivity contribution in [2.45, 2.75) is 32.2 Å². The minimum Gasteiger partial charge on any atom is -0.329 e. The van der Waals surface area contributed by atoms with Crippen LogP contribution in [0.5, 0.6) is 0 Å². The molecular weight excluding hydrogens is 312 g/mol. The first-order valence-corrected chi connectivity index (χ1v) is 7.62. The summed E-state index contributed by atoms with van der Waals surface area (Å²) in [5.74, 6) is 0. The lowest BCUT2D eigenvalue weighted by atomic mass is 10.1. The van der Waals surface area contributed by atoms with Crippen LogP contribution in [-0.2, 0) is 0 Å².